The molecular weight excluding hydrogens is 267 g/mol. The molecule has 0 aliphatic carbocycles. The van der Waals surface area contributed by atoms with Crippen LogP contribution in [0.2, 0.25) is 0 Å². The Morgan fingerprint density at radius 1 is 1.53 bits per heavy atom. The molecule has 82 valence electrons. The number of hydrogen-bond donors (Lipinski definition) is 0. The third-order valence-electron chi connectivity index (χ3n) is 1.70. The van der Waals surface area contributed by atoms with Gasteiger partial charge in [0.15, 0.2) is 24.6 Å². The summed E-state index contributed by atoms with van der Waals surface area (Å²) in [5, 5.41) is 0. The summed E-state index contributed by atoms with van der Waals surface area (Å²) < 4.78 is 23.9. The van der Waals surface area contributed by atoms with Gasteiger partial charge < -0.3 is 9.47 Å². The summed E-state index contributed by atoms with van der Waals surface area (Å²) in [6, 6.07) is 2.92. The minimum atomic E-state index is -0.681. The zero-order chi connectivity index (χ0) is 11.3. The summed E-state index contributed by atoms with van der Waals surface area (Å²) in [5.74, 6) is -0.688. The second-order valence-corrected chi connectivity index (χ2v) is 3.51. The first-order valence-corrected chi connectivity index (χ1v) is 5.13. The van der Waals surface area contributed by atoms with Gasteiger partial charge in [0.2, 0.25) is 0 Å². The Balaban J connectivity index is 2.89. The molecule has 0 fully saturated rings. The van der Waals surface area contributed by atoms with Gasteiger partial charge in [-0.15, -0.1) is 0 Å². The molecule has 0 aliphatic heterocycles. The second-order valence-electron chi connectivity index (χ2n) is 2.65. The van der Waals surface area contributed by atoms with Gasteiger partial charge in [-0.3, -0.25) is 4.79 Å². The molecule has 0 amide bonds. The Kier molecular flexibility index (Phi) is 4.71. The molecule has 15 heavy (non-hydrogen) atoms. The highest BCUT2D eigenvalue weighted by atomic mass is 79.9. The van der Waals surface area contributed by atoms with Crippen molar-refractivity contribution in [3.8, 4) is 5.75 Å². The maximum Gasteiger partial charge on any atom is 0.189 e. The quantitative estimate of drug-likeness (QED) is 0.471. The van der Waals surface area contributed by atoms with Gasteiger partial charge in [-0.05, 0) is 35.0 Å². The normalized spacial score (nSPS) is 10.1. The van der Waals surface area contributed by atoms with Crippen LogP contribution in [-0.2, 0) is 4.74 Å². The second kappa shape index (κ2) is 5.82. The lowest BCUT2D eigenvalue weighted by Crippen LogP contribution is -2.05. The topological polar surface area (TPSA) is 35.5 Å². The fourth-order valence-electron chi connectivity index (χ4n) is 0.955. The van der Waals surface area contributed by atoms with Gasteiger partial charge in [-0.2, -0.15) is 0 Å². The van der Waals surface area contributed by atoms with Crippen molar-refractivity contribution < 1.29 is 18.7 Å². The van der Waals surface area contributed by atoms with Crippen LogP contribution < -0.4 is 4.74 Å². The van der Waals surface area contributed by atoms with Crippen LogP contribution in [0, 0.1) is 5.82 Å². The first-order chi connectivity index (χ1) is 7.20. The molecule has 0 atom stereocenters. The lowest BCUT2D eigenvalue weighted by atomic mass is 10.2. The molecule has 0 saturated heterocycles. The van der Waals surface area contributed by atoms with Gasteiger partial charge in [-0.25, -0.2) is 4.39 Å². The van der Waals surface area contributed by atoms with Crippen LogP contribution in [-0.4, -0.2) is 19.7 Å². The molecular formula is C10H10BrFO3. The van der Waals surface area contributed by atoms with E-state index >= 15 is 0 Å². The average molecular weight is 277 g/mol. The number of rotatable bonds is 5. The summed E-state index contributed by atoms with van der Waals surface area (Å²) in [5.41, 5.74) is -0.0373. The standard InChI is InChI=1S/C10H10BrFO3/c1-2-14-6-15-10-8(11)4-3-7(5-13)9(10)12/h3-5H,2,6H2,1H3. The van der Waals surface area contributed by atoms with Crippen LogP contribution >= 0.6 is 15.9 Å². The molecule has 5 heteroatoms. The zero-order valence-corrected chi connectivity index (χ0v) is 9.71. The molecule has 3 nitrogen and oxygen atoms in total. The van der Waals surface area contributed by atoms with Crippen LogP contribution in [0.25, 0.3) is 0 Å². The van der Waals surface area contributed by atoms with Crippen molar-refractivity contribution >= 4 is 22.2 Å². The van der Waals surface area contributed by atoms with Gasteiger partial charge in [0.25, 0.3) is 0 Å². The first-order valence-electron chi connectivity index (χ1n) is 4.34. The van der Waals surface area contributed by atoms with Gasteiger partial charge in [-0.1, -0.05) is 0 Å². The molecule has 0 spiro atoms. The molecule has 0 radical (unpaired) electrons. The van der Waals surface area contributed by atoms with E-state index in [1.165, 1.54) is 6.07 Å². The molecule has 0 bridgehead atoms. The predicted octanol–water partition coefficient (Wildman–Crippen LogP) is 2.77. The van der Waals surface area contributed by atoms with E-state index in [1.807, 2.05) is 0 Å². The monoisotopic (exact) mass is 276 g/mol. The molecule has 0 heterocycles. The van der Waals surface area contributed by atoms with Crippen molar-refractivity contribution in [3.63, 3.8) is 0 Å². The van der Waals surface area contributed by atoms with E-state index < -0.39 is 5.82 Å². The lowest BCUT2D eigenvalue weighted by molar-refractivity contribution is 0.0195. The highest BCUT2D eigenvalue weighted by Crippen LogP contribution is 2.29. The lowest BCUT2D eigenvalue weighted by Gasteiger charge is -2.09. The summed E-state index contributed by atoms with van der Waals surface area (Å²) >= 11 is 3.13. The highest BCUT2D eigenvalue weighted by Gasteiger charge is 2.12. The summed E-state index contributed by atoms with van der Waals surface area (Å²) in [6.45, 7) is 2.23. The number of carbonyl (C=O) groups excluding carboxylic acids is 1. The van der Waals surface area contributed by atoms with Gasteiger partial charge in [0.05, 0.1) is 10.0 Å². The maximum atomic E-state index is 13.5. The number of aldehydes is 1. The predicted molar refractivity (Wildman–Crippen MR) is 56.6 cm³/mol. The van der Waals surface area contributed by atoms with E-state index in [0.717, 1.165) is 0 Å². The SMILES string of the molecule is CCOCOc1c(Br)ccc(C=O)c1F. The van der Waals surface area contributed by atoms with Crippen LogP contribution in [0.4, 0.5) is 4.39 Å². The molecule has 1 rings (SSSR count). The van der Waals surface area contributed by atoms with E-state index in [0.29, 0.717) is 17.4 Å². The third-order valence-corrected chi connectivity index (χ3v) is 2.32. The Hall–Kier alpha value is -0.940. The highest BCUT2D eigenvalue weighted by molar-refractivity contribution is 9.10. The van der Waals surface area contributed by atoms with Crippen LogP contribution in [0.5, 0.6) is 5.75 Å². The van der Waals surface area contributed by atoms with E-state index in [-0.39, 0.29) is 18.1 Å². The fraction of sp³-hybridized carbons (Fsp3) is 0.300. The van der Waals surface area contributed by atoms with Crippen molar-refractivity contribution in [3.05, 3.63) is 28.0 Å². The van der Waals surface area contributed by atoms with Gasteiger partial charge in [0, 0.05) is 6.61 Å². The number of benzene rings is 1. The number of ether oxygens (including phenoxy) is 2. The largest absolute Gasteiger partial charge is 0.463 e. The van der Waals surface area contributed by atoms with Crippen LogP contribution in [0.15, 0.2) is 16.6 Å². The smallest absolute Gasteiger partial charge is 0.189 e. The Bertz CT molecular complexity index is 355. The van der Waals surface area contributed by atoms with Crippen molar-refractivity contribution in [2.45, 2.75) is 6.92 Å². The Labute approximate surface area is 95.3 Å². The fourth-order valence-corrected chi connectivity index (χ4v) is 1.38. The summed E-state index contributed by atoms with van der Waals surface area (Å²) in [7, 11) is 0. The van der Waals surface area contributed by atoms with E-state index in [4.69, 9.17) is 9.47 Å². The Morgan fingerprint density at radius 2 is 2.27 bits per heavy atom. The van der Waals surface area contributed by atoms with Crippen molar-refractivity contribution in [2.75, 3.05) is 13.4 Å². The van der Waals surface area contributed by atoms with E-state index in [2.05, 4.69) is 15.9 Å². The number of carbonyl (C=O) groups is 1. The Morgan fingerprint density at radius 3 is 2.87 bits per heavy atom. The molecule has 0 aromatic heterocycles. The molecule has 1 aromatic rings. The average Bonchev–Trinajstić information content (AvgIpc) is 2.23. The number of hydrogen-bond acceptors (Lipinski definition) is 3. The van der Waals surface area contributed by atoms with E-state index in [9.17, 15) is 9.18 Å². The zero-order valence-electron chi connectivity index (χ0n) is 8.13. The molecule has 0 unspecified atom stereocenters. The summed E-state index contributed by atoms with van der Waals surface area (Å²) in [4.78, 5) is 10.5. The van der Waals surface area contributed by atoms with E-state index in [1.54, 1.807) is 13.0 Å². The first kappa shape index (κ1) is 12.1. The number of halogens is 2. The molecule has 1 aromatic carbocycles. The van der Waals surface area contributed by atoms with Crippen molar-refractivity contribution in [1.29, 1.82) is 0 Å². The third kappa shape index (κ3) is 3.00. The summed E-state index contributed by atoms with van der Waals surface area (Å²) in [6.07, 6.45) is 0.440. The van der Waals surface area contributed by atoms with Gasteiger partial charge in [0.1, 0.15) is 0 Å². The van der Waals surface area contributed by atoms with Crippen molar-refractivity contribution in [2.24, 2.45) is 0 Å². The minimum absolute atomic E-state index is 0.00644. The van der Waals surface area contributed by atoms with Gasteiger partial charge >= 0.3 is 0 Å². The molecule has 0 saturated carbocycles. The maximum absolute atomic E-state index is 13.5. The van der Waals surface area contributed by atoms with Crippen LogP contribution in [0.1, 0.15) is 17.3 Å². The van der Waals surface area contributed by atoms with Crippen LogP contribution in [0.3, 0.4) is 0 Å². The van der Waals surface area contributed by atoms with Crippen molar-refractivity contribution in [1.82, 2.24) is 0 Å². The molecule has 0 aliphatic rings. The molecule has 0 N–H and O–H groups in total. The minimum Gasteiger partial charge on any atom is -0.463 e.